The Labute approximate surface area is 71.7 Å². The minimum atomic E-state index is 0.512. The predicted molar refractivity (Wildman–Crippen MR) is 40.7 cm³/mol. The molecule has 0 bridgehead atoms. The van der Waals surface area contributed by atoms with Crippen LogP contribution >= 0.6 is 15.9 Å². The van der Waals surface area contributed by atoms with Crippen LogP contribution in [0.5, 0.6) is 11.6 Å². The van der Waals surface area contributed by atoms with Gasteiger partial charge in [-0.3, -0.25) is 0 Å². The zero-order chi connectivity index (χ0) is 7.68. The van der Waals surface area contributed by atoms with Gasteiger partial charge in [-0.2, -0.15) is 4.98 Å². The molecule has 2 rings (SSSR count). The van der Waals surface area contributed by atoms with Gasteiger partial charge in [0.05, 0.1) is 6.20 Å². The Hall–Kier alpha value is -0.840. The topological polar surface area (TPSA) is 44.2 Å². The summed E-state index contributed by atoms with van der Waals surface area (Å²) >= 11 is 3.13. The molecular weight excluding hydrogens is 212 g/mol. The minimum Gasteiger partial charge on any atom is -0.483 e. The number of halogens is 1. The predicted octanol–water partition coefficient (Wildman–Crippen LogP) is 1.01. The molecule has 0 saturated heterocycles. The summed E-state index contributed by atoms with van der Waals surface area (Å²) < 4.78 is 10.9. The van der Waals surface area contributed by atoms with Gasteiger partial charge in [0, 0.05) is 0 Å². The molecule has 2 heterocycles. The molecule has 0 amide bonds. The standard InChI is InChI=1S/C6H5BrN2O2/c7-6-8-3-4-5(9-6)11-2-1-10-4/h3H,1-2H2. The molecule has 11 heavy (non-hydrogen) atoms. The zero-order valence-electron chi connectivity index (χ0n) is 5.58. The van der Waals surface area contributed by atoms with E-state index in [0.29, 0.717) is 29.6 Å². The van der Waals surface area contributed by atoms with Gasteiger partial charge < -0.3 is 9.47 Å². The van der Waals surface area contributed by atoms with Gasteiger partial charge in [-0.25, -0.2) is 4.98 Å². The van der Waals surface area contributed by atoms with Gasteiger partial charge >= 0.3 is 0 Å². The summed E-state index contributed by atoms with van der Waals surface area (Å²) in [5.41, 5.74) is 0. The van der Waals surface area contributed by atoms with E-state index in [4.69, 9.17) is 9.47 Å². The summed E-state index contributed by atoms with van der Waals surface area (Å²) in [5, 5.41) is 0. The van der Waals surface area contributed by atoms with Crippen LogP contribution in [0.1, 0.15) is 0 Å². The highest BCUT2D eigenvalue weighted by atomic mass is 79.9. The van der Waals surface area contributed by atoms with Crippen LogP contribution in [-0.2, 0) is 0 Å². The molecular formula is C6H5BrN2O2. The Balaban J connectivity index is 2.43. The van der Waals surface area contributed by atoms with Crippen LogP contribution in [0.2, 0.25) is 0 Å². The Morgan fingerprint density at radius 3 is 3.09 bits per heavy atom. The maximum Gasteiger partial charge on any atom is 0.261 e. The fraction of sp³-hybridized carbons (Fsp3) is 0.333. The van der Waals surface area contributed by atoms with E-state index in [9.17, 15) is 0 Å². The number of rotatable bonds is 0. The summed E-state index contributed by atoms with van der Waals surface area (Å²) in [6.07, 6.45) is 1.59. The molecule has 1 aliphatic heterocycles. The lowest BCUT2D eigenvalue weighted by Crippen LogP contribution is -2.16. The van der Waals surface area contributed by atoms with Crippen molar-refractivity contribution in [3.63, 3.8) is 0 Å². The van der Waals surface area contributed by atoms with Crippen LogP contribution in [0.3, 0.4) is 0 Å². The smallest absolute Gasteiger partial charge is 0.261 e. The van der Waals surface area contributed by atoms with Crippen molar-refractivity contribution in [2.75, 3.05) is 13.2 Å². The van der Waals surface area contributed by atoms with E-state index in [1.807, 2.05) is 0 Å². The van der Waals surface area contributed by atoms with Crippen LogP contribution in [0.15, 0.2) is 10.9 Å². The Morgan fingerprint density at radius 1 is 1.36 bits per heavy atom. The molecule has 1 aliphatic rings. The first kappa shape index (κ1) is 6.84. The van der Waals surface area contributed by atoms with Crippen LogP contribution in [0.25, 0.3) is 0 Å². The average molecular weight is 217 g/mol. The van der Waals surface area contributed by atoms with Gasteiger partial charge in [-0.05, 0) is 15.9 Å². The molecule has 1 aromatic rings. The normalized spacial score (nSPS) is 14.6. The van der Waals surface area contributed by atoms with E-state index < -0.39 is 0 Å². The highest BCUT2D eigenvalue weighted by molar-refractivity contribution is 9.10. The van der Waals surface area contributed by atoms with Crippen molar-refractivity contribution in [2.24, 2.45) is 0 Å². The van der Waals surface area contributed by atoms with Crippen molar-refractivity contribution in [3.05, 3.63) is 10.9 Å². The molecule has 58 valence electrons. The molecule has 1 aromatic heterocycles. The first-order valence-electron chi connectivity index (χ1n) is 3.14. The molecule has 0 spiro atoms. The fourth-order valence-electron chi connectivity index (χ4n) is 0.827. The zero-order valence-corrected chi connectivity index (χ0v) is 7.17. The second kappa shape index (κ2) is 2.65. The van der Waals surface area contributed by atoms with Crippen LogP contribution in [0.4, 0.5) is 0 Å². The van der Waals surface area contributed by atoms with E-state index >= 15 is 0 Å². The lowest BCUT2D eigenvalue weighted by molar-refractivity contribution is 0.163. The molecule has 5 heteroatoms. The van der Waals surface area contributed by atoms with E-state index in [0.717, 1.165) is 0 Å². The highest BCUT2D eigenvalue weighted by Crippen LogP contribution is 2.26. The molecule has 0 aliphatic carbocycles. The lowest BCUT2D eigenvalue weighted by Gasteiger charge is -2.15. The summed E-state index contributed by atoms with van der Waals surface area (Å²) in [6.45, 7) is 1.12. The third-order valence-electron chi connectivity index (χ3n) is 1.27. The van der Waals surface area contributed by atoms with Gasteiger partial charge in [0.25, 0.3) is 5.88 Å². The molecule has 0 unspecified atom stereocenters. The summed E-state index contributed by atoms with van der Waals surface area (Å²) in [5.74, 6) is 1.12. The third kappa shape index (κ3) is 1.28. The number of fused-ring (bicyclic) bond motifs is 1. The minimum absolute atomic E-state index is 0.512. The Bertz CT molecular complexity index is 279. The van der Waals surface area contributed by atoms with Gasteiger partial charge in [0.1, 0.15) is 13.2 Å². The van der Waals surface area contributed by atoms with Crippen molar-refractivity contribution >= 4 is 15.9 Å². The lowest BCUT2D eigenvalue weighted by atomic mass is 10.5. The van der Waals surface area contributed by atoms with Crippen molar-refractivity contribution in [1.82, 2.24) is 9.97 Å². The summed E-state index contributed by atoms with van der Waals surface area (Å²) in [7, 11) is 0. The first-order valence-corrected chi connectivity index (χ1v) is 3.94. The van der Waals surface area contributed by atoms with Gasteiger partial charge in [0.2, 0.25) is 0 Å². The number of nitrogens with zero attached hydrogens (tertiary/aromatic N) is 2. The number of hydrogen-bond donors (Lipinski definition) is 0. The van der Waals surface area contributed by atoms with E-state index in [1.54, 1.807) is 6.20 Å². The fourth-order valence-corrected chi connectivity index (χ4v) is 1.09. The second-order valence-corrected chi connectivity index (χ2v) is 2.71. The average Bonchev–Trinajstić information content (AvgIpc) is 2.04. The molecule has 0 N–H and O–H groups in total. The summed E-state index contributed by atoms with van der Waals surface area (Å²) in [6, 6.07) is 0. The maximum absolute atomic E-state index is 5.21. The van der Waals surface area contributed by atoms with Crippen molar-refractivity contribution in [2.45, 2.75) is 0 Å². The van der Waals surface area contributed by atoms with Crippen LogP contribution in [-0.4, -0.2) is 23.2 Å². The molecule has 0 aromatic carbocycles. The quantitative estimate of drug-likeness (QED) is 0.608. The maximum atomic E-state index is 5.21. The number of hydrogen-bond acceptors (Lipinski definition) is 4. The van der Waals surface area contributed by atoms with Crippen LogP contribution in [0, 0.1) is 0 Å². The second-order valence-electron chi connectivity index (χ2n) is 2.01. The molecule has 0 fully saturated rings. The largest absolute Gasteiger partial charge is 0.483 e. The van der Waals surface area contributed by atoms with Crippen molar-refractivity contribution in [3.8, 4) is 11.6 Å². The number of ether oxygens (including phenoxy) is 2. The van der Waals surface area contributed by atoms with E-state index in [2.05, 4.69) is 25.9 Å². The van der Waals surface area contributed by atoms with Crippen molar-refractivity contribution < 1.29 is 9.47 Å². The molecule has 0 atom stereocenters. The van der Waals surface area contributed by atoms with Gasteiger partial charge in [-0.1, -0.05) is 0 Å². The Morgan fingerprint density at radius 2 is 2.18 bits per heavy atom. The van der Waals surface area contributed by atoms with Gasteiger partial charge in [-0.15, -0.1) is 0 Å². The van der Waals surface area contributed by atoms with Crippen LogP contribution < -0.4 is 9.47 Å². The first-order chi connectivity index (χ1) is 5.36. The monoisotopic (exact) mass is 216 g/mol. The summed E-state index contributed by atoms with van der Waals surface area (Å²) in [4.78, 5) is 7.87. The number of aromatic nitrogens is 2. The molecule has 4 nitrogen and oxygen atoms in total. The Kier molecular flexibility index (Phi) is 1.65. The van der Waals surface area contributed by atoms with E-state index in [-0.39, 0.29) is 0 Å². The molecule has 0 radical (unpaired) electrons. The third-order valence-corrected chi connectivity index (χ3v) is 1.65. The van der Waals surface area contributed by atoms with Crippen molar-refractivity contribution in [1.29, 1.82) is 0 Å². The van der Waals surface area contributed by atoms with E-state index in [1.165, 1.54) is 0 Å². The highest BCUT2D eigenvalue weighted by Gasteiger charge is 2.12. The SMILES string of the molecule is Brc1ncc2c(n1)OCCO2. The van der Waals surface area contributed by atoms with Gasteiger partial charge in [0.15, 0.2) is 10.5 Å². The molecule has 0 saturated carbocycles.